The van der Waals surface area contributed by atoms with Gasteiger partial charge >= 0.3 is 0 Å². The summed E-state index contributed by atoms with van der Waals surface area (Å²) in [4.78, 5) is 0. The van der Waals surface area contributed by atoms with Crippen molar-refractivity contribution < 1.29 is 0 Å². The molecule has 2 aliphatic rings. The molecular formula is C17H28. The fourth-order valence-electron chi connectivity index (χ4n) is 3.57. The third-order valence-corrected chi connectivity index (χ3v) is 4.81. The Kier molecular flexibility index (Phi) is 4.88. The van der Waals surface area contributed by atoms with E-state index < -0.39 is 0 Å². The summed E-state index contributed by atoms with van der Waals surface area (Å²) >= 11 is 0. The maximum absolute atomic E-state index is 2.35. The number of rotatable bonds is 7. The molecule has 0 radical (unpaired) electrons. The van der Waals surface area contributed by atoms with E-state index in [1.807, 2.05) is 0 Å². The summed E-state index contributed by atoms with van der Waals surface area (Å²) in [6.45, 7) is 4.62. The molecule has 0 bridgehead atoms. The second-order valence-corrected chi connectivity index (χ2v) is 5.87. The third kappa shape index (κ3) is 3.24. The lowest BCUT2D eigenvalue weighted by Gasteiger charge is -2.37. The maximum Gasteiger partial charge on any atom is -0.0130 e. The van der Waals surface area contributed by atoms with Crippen molar-refractivity contribution in [2.24, 2.45) is 11.8 Å². The van der Waals surface area contributed by atoms with E-state index in [1.165, 1.54) is 57.8 Å². The van der Waals surface area contributed by atoms with Crippen LogP contribution < -0.4 is 0 Å². The van der Waals surface area contributed by atoms with Crippen LogP contribution in [0.5, 0.6) is 0 Å². The Hall–Kier alpha value is -0.520. The molecule has 1 saturated carbocycles. The summed E-state index contributed by atoms with van der Waals surface area (Å²) < 4.78 is 0. The zero-order chi connectivity index (χ0) is 12.1. The fourth-order valence-corrected chi connectivity index (χ4v) is 3.57. The second-order valence-electron chi connectivity index (χ2n) is 5.87. The first kappa shape index (κ1) is 12.9. The molecule has 0 heteroatoms. The van der Waals surface area contributed by atoms with Gasteiger partial charge in [0.15, 0.2) is 0 Å². The first-order valence-corrected chi connectivity index (χ1v) is 7.72. The quantitative estimate of drug-likeness (QED) is 0.532. The summed E-state index contributed by atoms with van der Waals surface area (Å²) in [7, 11) is 0. The molecule has 2 unspecified atom stereocenters. The van der Waals surface area contributed by atoms with Crippen LogP contribution in [-0.4, -0.2) is 0 Å². The normalized spacial score (nSPS) is 27.6. The number of allylic oxidation sites excluding steroid dienone is 4. The molecule has 0 N–H and O–H groups in total. The van der Waals surface area contributed by atoms with Crippen LogP contribution in [0.2, 0.25) is 0 Å². The van der Waals surface area contributed by atoms with Gasteiger partial charge in [-0.25, -0.2) is 0 Å². The van der Waals surface area contributed by atoms with Crippen LogP contribution in [0.1, 0.15) is 71.6 Å². The Bertz CT molecular complexity index is 295. The van der Waals surface area contributed by atoms with Crippen LogP contribution in [0.15, 0.2) is 23.3 Å². The molecule has 0 aromatic rings. The highest BCUT2D eigenvalue weighted by molar-refractivity contribution is 5.33. The average Bonchev–Trinajstić information content (AvgIpc) is 2.77. The molecule has 2 atom stereocenters. The first-order valence-electron chi connectivity index (χ1n) is 7.72. The van der Waals surface area contributed by atoms with Crippen molar-refractivity contribution in [1.29, 1.82) is 0 Å². The average molecular weight is 232 g/mol. The highest BCUT2D eigenvalue weighted by Crippen LogP contribution is 2.41. The van der Waals surface area contributed by atoms with E-state index in [2.05, 4.69) is 26.0 Å². The van der Waals surface area contributed by atoms with Crippen LogP contribution in [0.4, 0.5) is 0 Å². The van der Waals surface area contributed by atoms with E-state index >= 15 is 0 Å². The van der Waals surface area contributed by atoms with E-state index in [-0.39, 0.29) is 0 Å². The lowest BCUT2D eigenvalue weighted by molar-refractivity contribution is 0.149. The van der Waals surface area contributed by atoms with Crippen molar-refractivity contribution in [2.45, 2.75) is 71.6 Å². The molecule has 0 heterocycles. The van der Waals surface area contributed by atoms with Gasteiger partial charge in [-0.1, -0.05) is 44.4 Å². The Morgan fingerprint density at radius 3 is 2.53 bits per heavy atom. The van der Waals surface area contributed by atoms with Crippen molar-refractivity contribution in [3.63, 3.8) is 0 Å². The van der Waals surface area contributed by atoms with Crippen molar-refractivity contribution in [3.05, 3.63) is 23.3 Å². The highest BCUT2D eigenvalue weighted by atomic mass is 14.3. The smallest absolute Gasteiger partial charge is 0.0130 e. The lowest BCUT2D eigenvalue weighted by Crippen LogP contribution is -2.25. The molecule has 0 aromatic carbocycles. The second kappa shape index (κ2) is 6.42. The number of hydrogen-bond acceptors (Lipinski definition) is 0. The minimum absolute atomic E-state index is 1.08. The van der Waals surface area contributed by atoms with Crippen molar-refractivity contribution in [3.8, 4) is 0 Å². The Morgan fingerprint density at radius 2 is 1.88 bits per heavy atom. The van der Waals surface area contributed by atoms with Gasteiger partial charge in [0, 0.05) is 0 Å². The largest absolute Gasteiger partial charge is 0.0802 e. The molecule has 96 valence electrons. The van der Waals surface area contributed by atoms with Gasteiger partial charge in [0.2, 0.25) is 0 Å². The molecular weight excluding hydrogens is 204 g/mol. The Balaban J connectivity index is 1.66. The highest BCUT2D eigenvalue weighted by Gasteiger charge is 2.29. The molecule has 0 saturated heterocycles. The van der Waals surface area contributed by atoms with Gasteiger partial charge in [-0.15, -0.1) is 0 Å². The van der Waals surface area contributed by atoms with Crippen LogP contribution in [-0.2, 0) is 0 Å². The maximum atomic E-state index is 2.35. The molecule has 17 heavy (non-hydrogen) atoms. The van der Waals surface area contributed by atoms with Gasteiger partial charge in [0.05, 0.1) is 0 Å². The van der Waals surface area contributed by atoms with E-state index in [9.17, 15) is 0 Å². The predicted octanol–water partition coefficient (Wildman–Crippen LogP) is 5.65. The molecule has 0 aliphatic heterocycles. The van der Waals surface area contributed by atoms with Crippen LogP contribution >= 0.6 is 0 Å². The molecule has 2 aliphatic carbocycles. The summed E-state index contributed by atoms with van der Waals surface area (Å²) in [6, 6.07) is 0. The topological polar surface area (TPSA) is 0 Å². The fraction of sp³-hybridized carbons (Fsp3) is 0.765. The predicted molar refractivity (Wildman–Crippen MR) is 76.0 cm³/mol. The summed E-state index contributed by atoms with van der Waals surface area (Å²) in [6.07, 6.45) is 17.4. The zero-order valence-electron chi connectivity index (χ0n) is 11.7. The monoisotopic (exact) mass is 232 g/mol. The number of hydrogen-bond donors (Lipinski definition) is 0. The van der Waals surface area contributed by atoms with Crippen LogP contribution in [0, 0.1) is 11.8 Å². The van der Waals surface area contributed by atoms with E-state index in [4.69, 9.17) is 0 Å². The molecule has 0 nitrogen and oxygen atoms in total. The zero-order valence-corrected chi connectivity index (χ0v) is 11.7. The standard InChI is InChI=1S/C17H28/c1-3-7-15-12-13-17(15)11-6-10-16-9-5-8-14(16)4-2/h5,8,15,17H,3-4,6-7,9-13H2,1-2H3. The van der Waals surface area contributed by atoms with E-state index in [0.29, 0.717) is 0 Å². The van der Waals surface area contributed by atoms with Crippen molar-refractivity contribution in [2.75, 3.05) is 0 Å². The third-order valence-electron chi connectivity index (χ3n) is 4.81. The van der Waals surface area contributed by atoms with Gasteiger partial charge in [0.25, 0.3) is 0 Å². The van der Waals surface area contributed by atoms with Gasteiger partial charge < -0.3 is 0 Å². The summed E-state index contributed by atoms with van der Waals surface area (Å²) in [5, 5.41) is 0. The lowest BCUT2D eigenvalue weighted by atomic mass is 9.69. The minimum Gasteiger partial charge on any atom is -0.0802 e. The first-order chi connectivity index (χ1) is 8.35. The van der Waals surface area contributed by atoms with Crippen molar-refractivity contribution in [1.82, 2.24) is 0 Å². The Morgan fingerprint density at radius 1 is 1.12 bits per heavy atom. The molecule has 0 amide bonds. The molecule has 2 rings (SSSR count). The molecule has 0 spiro atoms. The Labute approximate surface area is 107 Å². The van der Waals surface area contributed by atoms with E-state index in [0.717, 1.165) is 11.8 Å². The van der Waals surface area contributed by atoms with Gasteiger partial charge in [-0.05, 0) is 62.4 Å². The molecule has 1 fully saturated rings. The van der Waals surface area contributed by atoms with E-state index in [1.54, 1.807) is 11.1 Å². The minimum atomic E-state index is 1.08. The van der Waals surface area contributed by atoms with Crippen molar-refractivity contribution >= 4 is 0 Å². The van der Waals surface area contributed by atoms with Gasteiger partial charge in [-0.2, -0.15) is 0 Å². The SMILES string of the molecule is CCCC1CCC1CCCC1=C(CC)C=CC1. The summed E-state index contributed by atoms with van der Waals surface area (Å²) in [5.74, 6) is 2.16. The van der Waals surface area contributed by atoms with Gasteiger partial charge in [-0.3, -0.25) is 0 Å². The van der Waals surface area contributed by atoms with Crippen LogP contribution in [0.25, 0.3) is 0 Å². The van der Waals surface area contributed by atoms with Crippen LogP contribution in [0.3, 0.4) is 0 Å². The molecule has 0 aromatic heterocycles. The van der Waals surface area contributed by atoms with Gasteiger partial charge in [0.1, 0.15) is 0 Å². The summed E-state index contributed by atoms with van der Waals surface area (Å²) in [5.41, 5.74) is 3.36.